The monoisotopic (exact) mass is 346 g/mol. The smallest absolute Gasteiger partial charge is 0.389 e. The predicted molar refractivity (Wildman–Crippen MR) is 86.8 cm³/mol. The molecule has 0 spiro atoms. The highest BCUT2D eigenvalue weighted by atomic mass is 19.4. The zero-order valence-corrected chi connectivity index (χ0v) is 14.2. The zero-order valence-electron chi connectivity index (χ0n) is 14.2. The van der Waals surface area contributed by atoms with Crippen molar-refractivity contribution in [3.8, 4) is 5.75 Å². The molecule has 136 valence electrons. The summed E-state index contributed by atoms with van der Waals surface area (Å²) < 4.78 is 55.5. The van der Waals surface area contributed by atoms with Crippen molar-refractivity contribution in [3.05, 3.63) is 29.6 Å². The van der Waals surface area contributed by atoms with Crippen molar-refractivity contribution in [1.29, 1.82) is 0 Å². The normalized spacial score (nSPS) is 21.7. The van der Waals surface area contributed by atoms with Gasteiger partial charge in [0.05, 0.1) is 6.61 Å². The molecule has 0 aromatic heterocycles. The van der Waals surface area contributed by atoms with E-state index in [-0.39, 0.29) is 18.8 Å². The Morgan fingerprint density at radius 1 is 1.12 bits per heavy atom. The Kier molecular flexibility index (Phi) is 6.93. The molecule has 1 fully saturated rings. The molecule has 0 amide bonds. The quantitative estimate of drug-likeness (QED) is 0.398. The second-order valence-electron chi connectivity index (χ2n) is 6.76. The lowest BCUT2D eigenvalue weighted by molar-refractivity contribution is -0.136. The van der Waals surface area contributed by atoms with Gasteiger partial charge < -0.3 is 4.74 Å². The molecular weight excluding hydrogens is 320 g/mol. The highest BCUT2D eigenvalue weighted by molar-refractivity contribution is 5.31. The maximum Gasteiger partial charge on any atom is 0.389 e. The van der Waals surface area contributed by atoms with Gasteiger partial charge in [-0.3, -0.25) is 0 Å². The summed E-state index contributed by atoms with van der Waals surface area (Å²) in [5, 5.41) is 0. The van der Waals surface area contributed by atoms with Crippen LogP contribution in [0.3, 0.4) is 0 Å². The van der Waals surface area contributed by atoms with Crippen LogP contribution in [0.5, 0.6) is 5.75 Å². The standard InChI is InChI=1S/C19H26F4O/c1-2-4-14-5-7-15(8-6-14)16-9-10-18(17(20)13-16)24-12-3-11-19(21,22)23/h9-10,13-15H,2-8,11-12H2,1H3/t14-,15-. The molecule has 1 aromatic carbocycles. The van der Waals surface area contributed by atoms with Gasteiger partial charge in [-0.15, -0.1) is 0 Å². The van der Waals surface area contributed by atoms with Crippen LogP contribution in [-0.2, 0) is 0 Å². The third-order valence-corrected chi connectivity index (χ3v) is 4.83. The molecular formula is C19H26F4O. The van der Waals surface area contributed by atoms with Crippen molar-refractivity contribution in [1.82, 2.24) is 0 Å². The van der Waals surface area contributed by atoms with Gasteiger partial charge >= 0.3 is 6.18 Å². The SMILES string of the molecule is CCC[C@H]1CC[C@H](c2ccc(OCCCC(F)(F)F)c(F)c2)CC1. The average Bonchev–Trinajstić information content (AvgIpc) is 2.53. The van der Waals surface area contributed by atoms with Crippen molar-refractivity contribution >= 4 is 0 Å². The number of hydrogen-bond acceptors (Lipinski definition) is 1. The second-order valence-corrected chi connectivity index (χ2v) is 6.76. The maximum atomic E-state index is 14.1. The minimum atomic E-state index is -4.19. The van der Waals surface area contributed by atoms with Crippen LogP contribution in [0.4, 0.5) is 17.6 Å². The van der Waals surface area contributed by atoms with Gasteiger partial charge in [-0.2, -0.15) is 13.2 Å². The lowest BCUT2D eigenvalue weighted by Gasteiger charge is -2.28. The first-order valence-electron chi connectivity index (χ1n) is 8.88. The molecule has 1 aliphatic carbocycles. The molecule has 0 bridgehead atoms. The van der Waals surface area contributed by atoms with E-state index in [9.17, 15) is 17.6 Å². The Labute approximate surface area is 141 Å². The summed E-state index contributed by atoms with van der Waals surface area (Å²) in [5.41, 5.74) is 0.977. The van der Waals surface area contributed by atoms with E-state index < -0.39 is 18.4 Å². The molecule has 0 heterocycles. The van der Waals surface area contributed by atoms with Gasteiger partial charge in [0, 0.05) is 6.42 Å². The van der Waals surface area contributed by atoms with Crippen LogP contribution >= 0.6 is 0 Å². The molecule has 0 saturated heterocycles. The number of benzene rings is 1. The molecule has 0 atom stereocenters. The molecule has 1 aromatic rings. The summed E-state index contributed by atoms with van der Waals surface area (Å²) in [6, 6.07) is 4.90. The number of halogens is 4. The van der Waals surface area contributed by atoms with E-state index in [1.807, 2.05) is 6.07 Å². The summed E-state index contributed by atoms with van der Waals surface area (Å²) in [6.07, 6.45) is 1.76. The van der Waals surface area contributed by atoms with Crippen LogP contribution in [0.25, 0.3) is 0 Å². The second kappa shape index (κ2) is 8.72. The topological polar surface area (TPSA) is 9.23 Å². The van der Waals surface area contributed by atoms with Crippen LogP contribution < -0.4 is 4.74 Å². The minimum Gasteiger partial charge on any atom is -0.491 e. The Bertz CT molecular complexity index is 505. The highest BCUT2D eigenvalue weighted by Crippen LogP contribution is 2.38. The van der Waals surface area contributed by atoms with Crippen LogP contribution in [0.15, 0.2) is 18.2 Å². The first kappa shape index (κ1) is 19.1. The molecule has 0 N–H and O–H groups in total. The third kappa shape index (κ3) is 5.99. The van der Waals surface area contributed by atoms with Gasteiger partial charge in [0.25, 0.3) is 0 Å². The van der Waals surface area contributed by atoms with Crippen molar-refractivity contribution in [3.63, 3.8) is 0 Å². The van der Waals surface area contributed by atoms with E-state index in [1.165, 1.54) is 31.7 Å². The molecule has 0 radical (unpaired) electrons. The number of ether oxygens (including phenoxy) is 1. The van der Waals surface area contributed by atoms with Crippen molar-refractivity contribution in [2.45, 2.75) is 70.4 Å². The lowest BCUT2D eigenvalue weighted by atomic mass is 9.77. The van der Waals surface area contributed by atoms with E-state index in [0.717, 1.165) is 24.3 Å². The minimum absolute atomic E-state index is 0.0422. The Balaban J connectivity index is 1.84. The average molecular weight is 346 g/mol. The largest absolute Gasteiger partial charge is 0.491 e. The molecule has 1 aliphatic rings. The molecule has 0 unspecified atom stereocenters. The van der Waals surface area contributed by atoms with Gasteiger partial charge in [-0.25, -0.2) is 4.39 Å². The van der Waals surface area contributed by atoms with E-state index in [2.05, 4.69) is 6.92 Å². The third-order valence-electron chi connectivity index (χ3n) is 4.83. The summed E-state index contributed by atoms with van der Waals surface area (Å²) >= 11 is 0. The molecule has 24 heavy (non-hydrogen) atoms. The predicted octanol–water partition coefficient (Wildman–Crippen LogP) is 6.62. The first-order chi connectivity index (χ1) is 11.4. The molecule has 5 heteroatoms. The lowest BCUT2D eigenvalue weighted by Crippen LogP contribution is -2.13. The highest BCUT2D eigenvalue weighted by Gasteiger charge is 2.26. The molecule has 1 nitrogen and oxygen atoms in total. The van der Waals surface area contributed by atoms with Crippen LogP contribution in [-0.4, -0.2) is 12.8 Å². The summed E-state index contributed by atoms with van der Waals surface area (Å²) in [4.78, 5) is 0. The fourth-order valence-corrected chi connectivity index (χ4v) is 3.54. The van der Waals surface area contributed by atoms with Gasteiger partial charge in [0.15, 0.2) is 11.6 Å². The number of alkyl halides is 3. The van der Waals surface area contributed by atoms with Crippen LogP contribution in [0.1, 0.15) is 69.8 Å². The van der Waals surface area contributed by atoms with Gasteiger partial charge in [0.1, 0.15) is 0 Å². The van der Waals surface area contributed by atoms with Crippen LogP contribution in [0.2, 0.25) is 0 Å². The molecule has 0 aliphatic heterocycles. The van der Waals surface area contributed by atoms with Gasteiger partial charge in [-0.05, 0) is 61.6 Å². The van der Waals surface area contributed by atoms with Crippen LogP contribution in [0, 0.1) is 11.7 Å². The van der Waals surface area contributed by atoms with E-state index in [4.69, 9.17) is 4.74 Å². The first-order valence-corrected chi connectivity index (χ1v) is 8.88. The molecule has 1 saturated carbocycles. The molecule has 2 rings (SSSR count). The van der Waals surface area contributed by atoms with Crippen molar-refractivity contribution in [2.75, 3.05) is 6.61 Å². The van der Waals surface area contributed by atoms with E-state index in [1.54, 1.807) is 6.07 Å². The van der Waals surface area contributed by atoms with Gasteiger partial charge in [0.2, 0.25) is 0 Å². The van der Waals surface area contributed by atoms with Crippen molar-refractivity contribution < 1.29 is 22.3 Å². The Morgan fingerprint density at radius 3 is 2.42 bits per heavy atom. The summed E-state index contributed by atoms with van der Waals surface area (Å²) in [7, 11) is 0. The van der Waals surface area contributed by atoms with Crippen molar-refractivity contribution in [2.24, 2.45) is 5.92 Å². The van der Waals surface area contributed by atoms with E-state index in [0.29, 0.717) is 5.92 Å². The van der Waals surface area contributed by atoms with Gasteiger partial charge in [-0.1, -0.05) is 25.8 Å². The fourth-order valence-electron chi connectivity index (χ4n) is 3.54. The fraction of sp³-hybridized carbons (Fsp3) is 0.684. The zero-order chi connectivity index (χ0) is 17.6. The summed E-state index contributed by atoms with van der Waals surface area (Å²) in [5.74, 6) is 0.745. The summed E-state index contributed by atoms with van der Waals surface area (Å²) in [6.45, 7) is 2.08. The van der Waals surface area contributed by atoms with E-state index >= 15 is 0 Å². The Morgan fingerprint density at radius 2 is 1.83 bits per heavy atom. The number of hydrogen-bond donors (Lipinski definition) is 0. The maximum absolute atomic E-state index is 14.1. The number of rotatable bonds is 7. The Hall–Kier alpha value is -1.26.